The molecule has 0 aromatic carbocycles. The van der Waals surface area contributed by atoms with E-state index in [2.05, 4.69) is 49.6 Å². The Balaban J connectivity index is 2.20. The van der Waals surface area contributed by atoms with Crippen LogP contribution >= 0.6 is 0 Å². The Morgan fingerprint density at radius 3 is 1.00 bits per heavy atom. The van der Waals surface area contributed by atoms with E-state index in [4.69, 9.17) is 0 Å². The zero-order valence-corrected chi connectivity index (χ0v) is 33.9. The molecule has 0 radical (unpaired) electrons. The van der Waals surface area contributed by atoms with E-state index < -0.39 is 0 Å². The molecule has 0 aliphatic rings. The van der Waals surface area contributed by atoms with Crippen molar-refractivity contribution in [1.29, 1.82) is 0 Å². The lowest BCUT2D eigenvalue weighted by Crippen LogP contribution is -2.41. The molecule has 2 heteroatoms. The predicted molar refractivity (Wildman–Crippen MR) is 216 cm³/mol. The van der Waals surface area contributed by atoms with Crippen molar-refractivity contribution in [3.05, 3.63) is 18.2 Å². The third kappa shape index (κ3) is 27.0. The summed E-state index contributed by atoms with van der Waals surface area (Å²) in [6.45, 7) is 9.44. The number of imidazole rings is 1. The Hall–Kier alpha value is -0.790. The number of nitrogens with one attached hydrogen (secondary N) is 1. The maximum atomic E-state index is 3.75. The highest BCUT2D eigenvalue weighted by molar-refractivity contribution is 4.90. The van der Waals surface area contributed by atoms with Gasteiger partial charge in [0.25, 0.3) is 5.82 Å². The molecule has 0 fully saturated rings. The smallest absolute Gasteiger partial charge is 0.247 e. The molecular weight excluding hydrogens is 581 g/mol. The van der Waals surface area contributed by atoms with Gasteiger partial charge in [-0.2, -0.15) is 0 Å². The van der Waals surface area contributed by atoms with Crippen LogP contribution in [0.4, 0.5) is 0 Å². The Morgan fingerprint density at radius 2 is 0.667 bits per heavy atom. The van der Waals surface area contributed by atoms with Gasteiger partial charge in [0.2, 0.25) is 0 Å². The Morgan fingerprint density at radius 1 is 0.396 bits per heavy atom. The fourth-order valence-electron chi connectivity index (χ4n) is 8.02. The molecule has 2 nitrogen and oxygen atoms in total. The van der Waals surface area contributed by atoms with Crippen molar-refractivity contribution in [3.63, 3.8) is 0 Å². The standard InChI is InChI=1S/C46H90N2/c1-5-8-11-14-16-18-20-22-23-24-25-27-29-31-33-35-38-41-45(40-37-13-10-7-3)46-47-42-43-48(46)44(4)39-36-34-32-30-28-26-21-19-17-15-12-9-6-2/h42-45H,5-41H2,1-4H3/p+1. The second-order valence-corrected chi connectivity index (χ2v) is 16.1. The lowest BCUT2D eigenvalue weighted by atomic mass is 9.93. The highest BCUT2D eigenvalue weighted by Gasteiger charge is 2.25. The molecule has 1 N–H and O–H groups in total. The van der Waals surface area contributed by atoms with Gasteiger partial charge < -0.3 is 0 Å². The van der Waals surface area contributed by atoms with Crippen LogP contribution < -0.4 is 4.57 Å². The quantitative estimate of drug-likeness (QED) is 0.0531. The summed E-state index contributed by atoms with van der Waals surface area (Å²) >= 11 is 0. The summed E-state index contributed by atoms with van der Waals surface area (Å²) in [5.74, 6) is 2.24. The fraction of sp³-hybridized carbons (Fsp3) is 0.935. The lowest BCUT2D eigenvalue weighted by molar-refractivity contribution is -0.727. The molecule has 1 heterocycles. The Labute approximate surface area is 304 Å². The number of nitrogens with zero attached hydrogens (tertiary/aromatic N) is 1. The maximum absolute atomic E-state index is 3.75. The minimum atomic E-state index is 0.618. The van der Waals surface area contributed by atoms with Gasteiger partial charge in [-0.25, -0.2) is 9.55 Å². The molecule has 0 saturated heterocycles. The summed E-state index contributed by atoms with van der Waals surface area (Å²) in [5.41, 5.74) is 0. The molecular formula is C46H91N2+. The fourth-order valence-corrected chi connectivity index (χ4v) is 8.02. The number of hydrogen-bond donors (Lipinski definition) is 1. The molecule has 0 amide bonds. The number of aromatic nitrogens is 2. The van der Waals surface area contributed by atoms with Crippen molar-refractivity contribution in [3.8, 4) is 0 Å². The molecule has 48 heavy (non-hydrogen) atoms. The molecule has 1 aromatic heterocycles. The van der Waals surface area contributed by atoms with Crippen LogP contribution in [0.5, 0.6) is 0 Å². The zero-order chi connectivity index (χ0) is 34.6. The number of H-pyrrole nitrogens is 1. The van der Waals surface area contributed by atoms with Gasteiger partial charge in [0.1, 0.15) is 12.4 Å². The van der Waals surface area contributed by atoms with Gasteiger partial charge in [-0.15, -0.1) is 0 Å². The average molecular weight is 672 g/mol. The molecule has 2 unspecified atom stereocenters. The highest BCUT2D eigenvalue weighted by Crippen LogP contribution is 2.27. The van der Waals surface area contributed by atoms with E-state index in [1.165, 1.54) is 243 Å². The third-order valence-corrected chi connectivity index (χ3v) is 11.4. The largest absolute Gasteiger partial charge is 0.257 e. The first kappa shape index (κ1) is 45.2. The molecule has 0 aliphatic carbocycles. The van der Waals surface area contributed by atoms with E-state index >= 15 is 0 Å². The van der Waals surface area contributed by atoms with Crippen LogP contribution in [0.25, 0.3) is 0 Å². The molecule has 0 saturated carbocycles. The van der Waals surface area contributed by atoms with Crippen molar-refractivity contribution < 1.29 is 4.57 Å². The molecule has 1 aromatic rings. The zero-order valence-electron chi connectivity index (χ0n) is 33.9. The SMILES string of the molecule is CCCCCCCCCCCCCCCCCCCC(CCCCCC)c1[nH]cc[n+]1C(C)CCCCCCCCCCCCCCC. The van der Waals surface area contributed by atoms with Crippen LogP contribution in [-0.4, -0.2) is 4.98 Å². The highest BCUT2D eigenvalue weighted by atomic mass is 15.1. The van der Waals surface area contributed by atoms with Gasteiger partial charge >= 0.3 is 0 Å². The first-order valence-electron chi connectivity index (χ1n) is 22.8. The number of hydrogen-bond acceptors (Lipinski definition) is 0. The van der Waals surface area contributed by atoms with E-state index in [0.717, 1.165) is 0 Å². The monoisotopic (exact) mass is 672 g/mol. The Kier molecular flexibility index (Phi) is 33.9. The molecule has 1 rings (SSSR count). The summed E-state index contributed by atoms with van der Waals surface area (Å²) in [5, 5.41) is 0. The normalized spacial score (nSPS) is 13.0. The first-order valence-corrected chi connectivity index (χ1v) is 22.8. The minimum absolute atomic E-state index is 0.618. The maximum Gasteiger partial charge on any atom is 0.257 e. The van der Waals surface area contributed by atoms with Gasteiger partial charge in [-0.3, -0.25) is 0 Å². The van der Waals surface area contributed by atoms with E-state index in [0.29, 0.717) is 12.0 Å². The lowest BCUT2D eigenvalue weighted by Gasteiger charge is -2.17. The molecule has 2 atom stereocenters. The second kappa shape index (κ2) is 36.0. The first-order chi connectivity index (χ1) is 23.7. The van der Waals surface area contributed by atoms with Crippen molar-refractivity contribution in [2.75, 3.05) is 0 Å². The number of aromatic amines is 1. The van der Waals surface area contributed by atoms with E-state index in [9.17, 15) is 0 Å². The van der Waals surface area contributed by atoms with Gasteiger partial charge in [-0.05, 0) is 32.6 Å². The van der Waals surface area contributed by atoms with Gasteiger partial charge in [0.05, 0.1) is 12.0 Å². The molecule has 0 aliphatic heterocycles. The summed E-state index contributed by atoms with van der Waals surface area (Å²) in [7, 11) is 0. The summed E-state index contributed by atoms with van der Waals surface area (Å²) in [4.78, 5) is 3.75. The van der Waals surface area contributed by atoms with Crippen molar-refractivity contribution in [1.82, 2.24) is 4.98 Å². The van der Waals surface area contributed by atoms with E-state index in [1.54, 1.807) is 0 Å². The second-order valence-electron chi connectivity index (χ2n) is 16.1. The van der Waals surface area contributed by atoms with Crippen LogP contribution in [0.15, 0.2) is 12.4 Å². The summed E-state index contributed by atoms with van der Waals surface area (Å²) in [6, 6.07) is 0.618. The van der Waals surface area contributed by atoms with E-state index in [1.807, 2.05) is 0 Å². The third-order valence-electron chi connectivity index (χ3n) is 11.4. The summed E-state index contributed by atoms with van der Waals surface area (Å²) in [6.07, 6.45) is 57.7. The summed E-state index contributed by atoms with van der Waals surface area (Å²) < 4.78 is 2.64. The van der Waals surface area contributed by atoms with Crippen LogP contribution in [0.3, 0.4) is 0 Å². The van der Waals surface area contributed by atoms with Gasteiger partial charge in [-0.1, -0.05) is 233 Å². The topological polar surface area (TPSA) is 19.7 Å². The Bertz CT molecular complexity index is 738. The van der Waals surface area contributed by atoms with Crippen molar-refractivity contribution in [2.45, 2.75) is 277 Å². The molecule has 0 bridgehead atoms. The van der Waals surface area contributed by atoms with E-state index in [-0.39, 0.29) is 0 Å². The molecule has 0 spiro atoms. The van der Waals surface area contributed by atoms with Crippen LogP contribution in [0.2, 0.25) is 0 Å². The van der Waals surface area contributed by atoms with Crippen LogP contribution in [0.1, 0.15) is 283 Å². The van der Waals surface area contributed by atoms with Crippen LogP contribution in [0, 0.1) is 0 Å². The molecule has 284 valence electrons. The average Bonchev–Trinajstić information content (AvgIpc) is 3.59. The predicted octanol–water partition coefficient (Wildman–Crippen LogP) is 16.4. The number of unbranched alkanes of at least 4 members (excludes halogenated alkanes) is 31. The van der Waals surface area contributed by atoms with Crippen molar-refractivity contribution in [2.24, 2.45) is 0 Å². The van der Waals surface area contributed by atoms with Gasteiger partial charge in [0, 0.05) is 0 Å². The number of rotatable bonds is 39. The minimum Gasteiger partial charge on any atom is -0.247 e. The van der Waals surface area contributed by atoms with Gasteiger partial charge in [0.15, 0.2) is 0 Å². The van der Waals surface area contributed by atoms with Crippen LogP contribution in [-0.2, 0) is 0 Å². The van der Waals surface area contributed by atoms with Crippen molar-refractivity contribution >= 4 is 0 Å².